The Balaban J connectivity index is 1.29. The molecule has 4 bridgehead atoms. The first kappa shape index (κ1) is 35.4. The Hall–Kier alpha value is -8.34. The lowest BCUT2D eigenvalue weighted by Crippen LogP contribution is -2.34. The van der Waals surface area contributed by atoms with E-state index in [4.69, 9.17) is 9.97 Å². The highest BCUT2D eigenvalue weighted by Gasteiger charge is 2.43. The van der Waals surface area contributed by atoms with E-state index < -0.39 is 5.41 Å². The van der Waals surface area contributed by atoms with Crippen LogP contribution in [-0.2, 0) is 5.41 Å². The van der Waals surface area contributed by atoms with Gasteiger partial charge in [-0.15, -0.1) is 0 Å². The SMILES string of the molecule is c1ccc(-c2ccc(C3(c4ccccc4)c4cc(-c5ccccc5)cc(c4)-n4c5ccccc5c5ccc6c7ccccc7n(c6c54)-c4cc(-c5ccccc5)nc3n4)cc2)cc1. The molecule has 12 aromatic rings. The van der Waals surface area contributed by atoms with Crippen molar-refractivity contribution in [3.05, 3.63) is 253 Å². The van der Waals surface area contributed by atoms with Crippen LogP contribution in [0.25, 0.3) is 88.6 Å². The molecule has 4 nitrogen and oxygen atoms in total. The minimum Gasteiger partial charge on any atom is -0.307 e. The van der Waals surface area contributed by atoms with Crippen LogP contribution in [0.5, 0.6) is 0 Å². The summed E-state index contributed by atoms with van der Waals surface area (Å²) in [4.78, 5) is 11.7. The second kappa shape index (κ2) is 13.8. The van der Waals surface area contributed by atoms with Gasteiger partial charge in [0.15, 0.2) is 5.82 Å². The Morgan fingerprint density at radius 1 is 0.317 bits per heavy atom. The average Bonchev–Trinajstić information content (AvgIpc) is 3.88. The number of nitrogens with zero attached hydrogens (tertiary/aromatic N) is 4. The van der Waals surface area contributed by atoms with Gasteiger partial charge in [-0.05, 0) is 69.3 Å². The molecule has 13 rings (SSSR count). The molecule has 0 amide bonds. The summed E-state index contributed by atoms with van der Waals surface area (Å²) < 4.78 is 4.91. The van der Waals surface area contributed by atoms with Gasteiger partial charge in [-0.2, -0.15) is 0 Å². The number of para-hydroxylation sites is 2. The van der Waals surface area contributed by atoms with Crippen LogP contribution in [-0.4, -0.2) is 19.1 Å². The van der Waals surface area contributed by atoms with Crippen molar-refractivity contribution in [2.24, 2.45) is 0 Å². The number of hydrogen-bond donors (Lipinski definition) is 0. The zero-order valence-electron chi connectivity index (χ0n) is 34.2. The van der Waals surface area contributed by atoms with Crippen molar-refractivity contribution in [2.45, 2.75) is 5.41 Å². The van der Waals surface area contributed by atoms with Gasteiger partial charge in [0.2, 0.25) is 0 Å². The Bertz CT molecular complexity index is 3520. The minimum absolute atomic E-state index is 0.697. The molecular formula is C59H38N4. The third kappa shape index (κ3) is 5.28. The van der Waals surface area contributed by atoms with Gasteiger partial charge in [0, 0.05) is 38.9 Å². The maximum Gasteiger partial charge on any atom is 0.150 e. The van der Waals surface area contributed by atoms with E-state index in [1.54, 1.807) is 0 Å². The molecule has 0 saturated heterocycles. The quantitative estimate of drug-likeness (QED) is 0.174. The molecule has 0 radical (unpaired) electrons. The molecule has 4 heteroatoms. The van der Waals surface area contributed by atoms with Gasteiger partial charge in [0.05, 0.1) is 27.8 Å². The fraction of sp³-hybridized carbons (Fsp3) is 0.0169. The van der Waals surface area contributed by atoms with E-state index in [-0.39, 0.29) is 0 Å². The number of benzene rings is 9. The van der Waals surface area contributed by atoms with Crippen LogP contribution in [0.1, 0.15) is 22.5 Å². The van der Waals surface area contributed by atoms with Gasteiger partial charge in [0.1, 0.15) is 11.2 Å². The lowest BCUT2D eigenvalue weighted by Gasteiger charge is -2.36. The third-order valence-electron chi connectivity index (χ3n) is 13.2. The summed E-state index contributed by atoms with van der Waals surface area (Å²) >= 11 is 0. The van der Waals surface area contributed by atoms with Crippen molar-refractivity contribution < 1.29 is 0 Å². The van der Waals surface area contributed by atoms with Crippen LogP contribution in [0.4, 0.5) is 0 Å². The van der Waals surface area contributed by atoms with Crippen molar-refractivity contribution >= 4 is 43.6 Å². The Labute approximate surface area is 364 Å². The first-order chi connectivity index (χ1) is 31.2. The number of hydrogen-bond acceptors (Lipinski definition) is 2. The normalized spacial score (nSPS) is 14.4. The van der Waals surface area contributed by atoms with Gasteiger partial charge < -0.3 is 4.57 Å². The minimum atomic E-state index is -0.990. The molecule has 9 aromatic carbocycles. The van der Waals surface area contributed by atoms with Gasteiger partial charge in [0.25, 0.3) is 0 Å². The van der Waals surface area contributed by atoms with E-state index in [0.717, 1.165) is 78.2 Å². The Kier molecular flexibility index (Phi) is 7.79. The first-order valence-corrected chi connectivity index (χ1v) is 21.6. The molecule has 0 fully saturated rings. The van der Waals surface area contributed by atoms with Crippen molar-refractivity contribution in [1.29, 1.82) is 0 Å². The average molecular weight is 803 g/mol. The third-order valence-corrected chi connectivity index (χ3v) is 13.2. The van der Waals surface area contributed by atoms with Crippen molar-refractivity contribution in [2.75, 3.05) is 0 Å². The van der Waals surface area contributed by atoms with E-state index in [2.05, 4.69) is 240 Å². The van der Waals surface area contributed by atoms with Crippen LogP contribution >= 0.6 is 0 Å². The molecule has 1 atom stereocenters. The molecule has 63 heavy (non-hydrogen) atoms. The summed E-state index contributed by atoms with van der Waals surface area (Å²) in [6, 6.07) is 83.5. The largest absolute Gasteiger partial charge is 0.307 e. The summed E-state index contributed by atoms with van der Waals surface area (Å²) in [7, 11) is 0. The maximum atomic E-state index is 5.91. The summed E-state index contributed by atoms with van der Waals surface area (Å²) in [5, 5.41) is 4.74. The molecule has 0 aliphatic carbocycles. The van der Waals surface area contributed by atoms with Crippen LogP contribution in [0.2, 0.25) is 0 Å². The van der Waals surface area contributed by atoms with Crippen molar-refractivity contribution in [3.8, 4) is 45.0 Å². The van der Waals surface area contributed by atoms with Crippen molar-refractivity contribution in [1.82, 2.24) is 19.1 Å². The second-order valence-corrected chi connectivity index (χ2v) is 16.6. The maximum absolute atomic E-state index is 5.91. The van der Waals surface area contributed by atoms with E-state index in [1.165, 1.54) is 27.1 Å². The highest BCUT2D eigenvalue weighted by molar-refractivity contribution is 6.23. The fourth-order valence-corrected chi connectivity index (χ4v) is 10.4. The summed E-state index contributed by atoms with van der Waals surface area (Å²) in [5.41, 5.74) is 14.2. The van der Waals surface area contributed by atoms with Crippen LogP contribution in [0.15, 0.2) is 231 Å². The summed E-state index contributed by atoms with van der Waals surface area (Å²) in [6.45, 7) is 0. The van der Waals surface area contributed by atoms with E-state index in [0.29, 0.717) is 5.82 Å². The zero-order chi connectivity index (χ0) is 41.5. The number of fused-ring (bicyclic) bond motifs is 12. The molecular weight excluding hydrogens is 765 g/mol. The monoisotopic (exact) mass is 802 g/mol. The lowest BCUT2D eigenvalue weighted by molar-refractivity contribution is 0.677. The highest BCUT2D eigenvalue weighted by Crippen LogP contribution is 2.49. The van der Waals surface area contributed by atoms with E-state index >= 15 is 0 Å². The van der Waals surface area contributed by atoms with Crippen LogP contribution in [0, 0.1) is 0 Å². The molecule has 1 aliphatic heterocycles. The van der Waals surface area contributed by atoms with Gasteiger partial charge in [-0.3, -0.25) is 4.57 Å². The van der Waals surface area contributed by atoms with Crippen LogP contribution < -0.4 is 0 Å². The smallest absolute Gasteiger partial charge is 0.150 e. The molecule has 1 unspecified atom stereocenters. The highest BCUT2D eigenvalue weighted by atomic mass is 15.1. The molecule has 0 spiro atoms. The Morgan fingerprint density at radius 2 is 0.810 bits per heavy atom. The summed E-state index contributed by atoms with van der Waals surface area (Å²) in [6.07, 6.45) is 0. The fourth-order valence-electron chi connectivity index (χ4n) is 10.4. The zero-order valence-corrected chi connectivity index (χ0v) is 34.2. The number of aromatic nitrogens is 4. The molecule has 294 valence electrons. The molecule has 0 N–H and O–H groups in total. The number of rotatable bonds is 5. The molecule has 0 saturated carbocycles. The standard InChI is InChI=1S/C59H38N4/c1-5-17-39(18-6-1)41-29-31-45(32-30-41)59(44-23-11-4-12-24-44)46-35-43(40-19-7-2-8-20-40)36-47(37-46)62-53-27-15-13-25-48(53)50-33-34-51-49-26-14-16-28-54(49)63(57(51)56(50)62)55-38-52(60-58(59)61-55)42-21-9-3-10-22-42/h1-38H. The summed E-state index contributed by atoms with van der Waals surface area (Å²) in [5.74, 6) is 1.51. The van der Waals surface area contributed by atoms with E-state index in [1.807, 2.05) is 0 Å². The predicted octanol–water partition coefficient (Wildman–Crippen LogP) is 14.4. The van der Waals surface area contributed by atoms with Gasteiger partial charge in [-0.1, -0.05) is 194 Å². The molecule has 4 heterocycles. The van der Waals surface area contributed by atoms with Crippen LogP contribution in [0.3, 0.4) is 0 Å². The molecule has 1 aliphatic rings. The van der Waals surface area contributed by atoms with Crippen molar-refractivity contribution in [3.63, 3.8) is 0 Å². The second-order valence-electron chi connectivity index (χ2n) is 16.6. The molecule has 3 aromatic heterocycles. The first-order valence-electron chi connectivity index (χ1n) is 21.6. The Morgan fingerprint density at radius 3 is 1.44 bits per heavy atom. The van der Waals surface area contributed by atoms with Gasteiger partial charge in [-0.25, -0.2) is 9.97 Å². The lowest BCUT2D eigenvalue weighted by atomic mass is 9.68. The predicted molar refractivity (Wildman–Crippen MR) is 259 cm³/mol. The topological polar surface area (TPSA) is 35.6 Å². The van der Waals surface area contributed by atoms with E-state index in [9.17, 15) is 0 Å². The van der Waals surface area contributed by atoms with Gasteiger partial charge >= 0.3 is 0 Å².